The highest BCUT2D eigenvalue weighted by molar-refractivity contribution is 5.85. The molecule has 1 unspecified atom stereocenters. The van der Waals surface area contributed by atoms with Crippen molar-refractivity contribution in [3.05, 3.63) is 0 Å². The molecule has 0 bridgehead atoms. The van der Waals surface area contributed by atoms with Crippen LogP contribution in [0.5, 0.6) is 0 Å². The molecule has 0 amide bonds. The topological polar surface area (TPSA) is 54.0 Å². The Balaban J connectivity index is 0.00000400. The number of piperidine rings is 1. The molecule has 128 valence electrons. The Morgan fingerprint density at radius 2 is 1.90 bits per heavy atom. The molecule has 1 fully saturated rings. The molecule has 1 rings (SSSR count). The second-order valence-electron chi connectivity index (χ2n) is 6.06. The average molecular weight is 325 g/mol. The van der Waals surface area contributed by atoms with E-state index in [4.69, 9.17) is 9.47 Å². The number of hydrogen-bond acceptors (Lipinski definition) is 5. The van der Waals surface area contributed by atoms with Crippen molar-refractivity contribution < 1.29 is 14.6 Å². The Bertz CT molecular complexity index is 239. The molecular weight excluding hydrogens is 292 g/mol. The summed E-state index contributed by atoms with van der Waals surface area (Å²) in [6.07, 6.45) is 2.30. The van der Waals surface area contributed by atoms with Crippen LogP contribution in [-0.2, 0) is 9.47 Å². The van der Waals surface area contributed by atoms with Crippen LogP contribution in [0.25, 0.3) is 0 Å². The van der Waals surface area contributed by atoms with Gasteiger partial charge in [-0.3, -0.25) is 0 Å². The standard InChI is InChI=1S/C15H32N2O3.ClH/c1-13(2)20-9-8-19-12-15(18)11-17(3)10-14-4-6-16-7-5-14;/h13-16,18H,4-12H2,1-3H3;1H. The van der Waals surface area contributed by atoms with E-state index in [-0.39, 0.29) is 18.5 Å². The van der Waals surface area contributed by atoms with Crippen molar-refractivity contribution in [1.29, 1.82) is 0 Å². The molecule has 0 spiro atoms. The first-order valence-corrected chi connectivity index (χ1v) is 7.84. The van der Waals surface area contributed by atoms with Gasteiger partial charge < -0.3 is 24.8 Å². The molecule has 1 heterocycles. The molecular formula is C15H33ClN2O3. The van der Waals surface area contributed by atoms with Crippen LogP contribution < -0.4 is 5.32 Å². The summed E-state index contributed by atoms with van der Waals surface area (Å²) in [4.78, 5) is 2.22. The lowest BCUT2D eigenvalue weighted by molar-refractivity contribution is -0.0179. The quantitative estimate of drug-likeness (QED) is 0.590. The molecule has 2 N–H and O–H groups in total. The lowest BCUT2D eigenvalue weighted by Gasteiger charge is -2.28. The van der Waals surface area contributed by atoms with Crippen LogP contribution in [0.1, 0.15) is 26.7 Å². The van der Waals surface area contributed by atoms with Gasteiger partial charge in [0.1, 0.15) is 0 Å². The second kappa shape index (κ2) is 12.6. The lowest BCUT2D eigenvalue weighted by atomic mass is 9.97. The van der Waals surface area contributed by atoms with E-state index in [1.807, 2.05) is 13.8 Å². The minimum absolute atomic E-state index is 0. The van der Waals surface area contributed by atoms with Crippen LogP contribution >= 0.6 is 12.4 Å². The van der Waals surface area contributed by atoms with Gasteiger partial charge in [-0.05, 0) is 52.7 Å². The predicted octanol–water partition coefficient (Wildman–Crippen LogP) is 1.14. The summed E-state index contributed by atoms with van der Waals surface area (Å²) in [6, 6.07) is 0. The summed E-state index contributed by atoms with van der Waals surface area (Å²) in [5.41, 5.74) is 0. The normalized spacial score (nSPS) is 18.0. The first-order valence-electron chi connectivity index (χ1n) is 7.84. The Morgan fingerprint density at radius 3 is 2.52 bits per heavy atom. The first kappa shape index (κ1) is 21.1. The summed E-state index contributed by atoms with van der Waals surface area (Å²) in [5, 5.41) is 13.3. The third kappa shape index (κ3) is 11.3. The SMILES string of the molecule is CC(C)OCCOCC(O)CN(C)CC1CCNCC1.Cl. The molecule has 1 saturated heterocycles. The number of hydrogen-bond donors (Lipinski definition) is 2. The molecule has 0 saturated carbocycles. The van der Waals surface area contributed by atoms with E-state index in [0.29, 0.717) is 26.4 Å². The highest BCUT2D eigenvalue weighted by atomic mass is 35.5. The van der Waals surface area contributed by atoms with Crippen LogP contribution in [-0.4, -0.2) is 75.3 Å². The molecule has 0 aromatic rings. The molecule has 0 aliphatic carbocycles. The van der Waals surface area contributed by atoms with Crippen molar-refractivity contribution in [2.24, 2.45) is 5.92 Å². The Labute approximate surface area is 135 Å². The zero-order chi connectivity index (χ0) is 14.8. The van der Waals surface area contributed by atoms with Crippen molar-refractivity contribution in [3.63, 3.8) is 0 Å². The number of nitrogens with zero attached hydrogens (tertiary/aromatic N) is 1. The zero-order valence-corrected chi connectivity index (χ0v) is 14.5. The van der Waals surface area contributed by atoms with E-state index in [2.05, 4.69) is 17.3 Å². The van der Waals surface area contributed by atoms with Gasteiger partial charge >= 0.3 is 0 Å². The third-order valence-corrected chi connectivity index (χ3v) is 3.54. The monoisotopic (exact) mass is 324 g/mol. The van der Waals surface area contributed by atoms with Crippen LogP contribution in [0.2, 0.25) is 0 Å². The third-order valence-electron chi connectivity index (χ3n) is 3.54. The molecule has 0 radical (unpaired) electrons. The minimum atomic E-state index is -0.416. The van der Waals surface area contributed by atoms with Crippen LogP contribution in [0.3, 0.4) is 0 Å². The fourth-order valence-corrected chi connectivity index (χ4v) is 2.55. The molecule has 1 aliphatic rings. The number of aliphatic hydroxyl groups excluding tert-OH is 1. The van der Waals surface area contributed by atoms with Crippen molar-refractivity contribution in [2.75, 3.05) is 53.0 Å². The van der Waals surface area contributed by atoms with E-state index in [1.54, 1.807) is 0 Å². The van der Waals surface area contributed by atoms with E-state index in [1.165, 1.54) is 12.8 Å². The molecule has 1 aliphatic heterocycles. The Morgan fingerprint density at radius 1 is 1.24 bits per heavy atom. The number of nitrogens with one attached hydrogen (secondary N) is 1. The summed E-state index contributed by atoms with van der Waals surface area (Å²) in [6.45, 7) is 9.53. The van der Waals surface area contributed by atoms with Crippen molar-refractivity contribution in [2.45, 2.75) is 38.9 Å². The first-order chi connectivity index (χ1) is 9.58. The highest BCUT2D eigenvalue weighted by Crippen LogP contribution is 2.12. The molecule has 1 atom stereocenters. The van der Waals surface area contributed by atoms with Crippen LogP contribution in [0.15, 0.2) is 0 Å². The van der Waals surface area contributed by atoms with Gasteiger partial charge in [-0.1, -0.05) is 0 Å². The van der Waals surface area contributed by atoms with E-state index in [9.17, 15) is 5.11 Å². The molecule has 5 nitrogen and oxygen atoms in total. The van der Waals surface area contributed by atoms with Gasteiger partial charge in [0.25, 0.3) is 0 Å². The largest absolute Gasteiger partial charge is 0.389 e. The second-order valence-corrected chi connectivity index (χ2v) is 6.06. The molecule has 0 aromatic carbocycles. The summed E-state index contributed by atoms with van der Waals surface area (Å²) in [7, 11) is 2.08. The van der Waals surface area contributed by atoms with Crippen molar-refractivity contribution >= 4 is 12.4 Å². The smallest absolute Gasteiger partial charge is 0.0900 e. The number of likely N-dealkylation sites (N-methyl/N-ethyl adjacent to an activating group) is 1. The zero-order valence-electron chi connectivity index (χ0n) is 13.7. The van der Waals surface area contributed by atoms with Gasteiger partial charge in [-0.2, -0.15) is 0 Å². The van der Waals surface area contributed by atoms with Gasteiger partial charge in [0.2, 0.25) is 0 Å². The lowest BCUT2D eigenvalue weighted by Crippen LogP contribution is -2.38. The molecule has 6 heteroatoms. The van der Waals surface area contributed by atoms with Gasteiger partial charge in [0.15, 0.2) is 0 Å². The van der Waals surface area contributed by atoms with Gasteiger partial charge in [-0.15, -0.1) is 12.4 Å². The van der Waals surface area contributed by atoms with Gasteiger partial charge in [-0.25, -0.2) is 0 Å². The Kier molecular flexibility index (Phi) is 12.7. The maximum absolute atomic E-state index is 9.94. The van der Waals surface area contributed by atoms with Gasteiger partial charge in [0.05, 0.1) is 32.0 Å². The highest BCUT2D eigenvalue weighted by Gasteiger charge is 2.16. The summed E-state index contributed by atoms with van der Waals surface area (Å²) in [5.74, 6) is 0.758. The number of ether oxygens (including phenoxy) is 2. The van der Waals surface area contributed by atoms with E-state index < -0.39 is 6.10 Å². The average Bonchev–Trinajstić information content (AvgIpc) is 2.38. The van der Waals surface area contributed by atoms with Crippen molar-refractivity contribution in [3.8, 4) is 0 Å². The molecule has 0 aromatic heterocycles. The maximum Gasteiger partial charge on any atom is 0.0900 e. The maximum atomic E-state index is 9.94. The van der Waals surface area contributed by atoms with E-state index >= 15 is 0 Å². The predicted molar refractivity (Wildman–Crippen MR) is 88.3 cm³/mol. The van der Waals surface area contributed by atoms with Crippen molar-refractivity contribution in [1.82, 2.24) is 10.2 Å². The number of rotatable bonds is 10. The molecule has 21 heavy (non-hydrogen) atoms. The summed E-state index contributed by atoms with van der Waals surface area (Å²) >= 11 is 0. The van der Waals surface area contributed by atoms with Crippen LogP contribution in [0.4, 0.5) is 0 Å². The van der Waals surface area contributed by atoms with Gasteiger partial charge in [0, 0.05) is 13.1 Å². The Hall–Kier alpha value is 0.0900. The minimum Gasteiger partial charge on any atom is -0.389 e. The van der Waals surface area contributed by atoms with E-state index in [0.717, 1.165) is 25.6 Å². The number of aliphatic hydroxyl groups is 1. The number of halogens is 1. The fourth-order valence-electron chi connectivity index (χ4n) is 2.55. The summed E-state index contributed by atoms with van der Waals surface area (Å²) < 4.78 is 10.8. The van der Waals surface area contributed by atoms with Crippen LogP contribution in [0, 0.1) is 5.92 Å². The fraction of sp³-hybridized carbons (Fsp3) is 1.00.